The van der Waals surface area contributed by atoms with Gasteiger partial charge in [-0.05, 0) is 44.0 Å². The number of nitrogens with two attached hydrogens (primary N) is 1. The first kappa shape index (κ1) is 15.0. The summed E-state index contributed by atoms with van der Waals surface area (Å²) in [5.74, 6) is 0.862. The highest BCUT2D eigenvalue weighted by Gasteiger charge is 2.21. The SMILES string of the molecule is COc1ccc(CC(C)(CN)NCCCO)cc1. The maximum Gasteiger partial charge on any atom is 0.118 e. The smallest absolute Gasteiger partial charge is 0.118 e. The third-order valence-corrected chi connectivity index (χ3v) is 3.09. The van der Waals surface area contributed by atoms with E-state index < -0.39 is 0 Å². The summed E-state index contributed by atoms with van der Waals surface area (Å²) in [6.45, 7) is 3.65. The molecule has 1 rings (SSSR count). The molecule has 102 valence electrons. The Morgan fingerprint density at radius 2 is 2.00 bits per heavy atom. The van der Waals surface area contributed by atoms with Gasteiger partial charge in [-0.25, -0.2) is 0 Å². The highest BCUT2D eigenvalue weighted by atomic mass is 16.5. The second-order valence-corrected chi connectivity index (χ2v) is 4.79. The quantitative estimate of drug-likeness (QED) is 0.602. The lowest BCUT2D eigenvalue weighted by Gasteiger charge is -2.30. The molecule has 0 saturated heterocycles. The first-order chi connectivity index (χ1) is 8.63. The summed E-state index contributed by atoms with van der Waals surface area (Å²) < 4.78 is 5.14. The standard InChI is InChI=1S/C14H24N2O2/c1-14(11-15,16-8-3-9-17)10-12-4-6-13(18-2)7-5-12/h4-7,16-17H,3,8-11,15H2,1-2H3. The van der Waals surface area contributed by atoms with Gasteiger partial charge in [-0.1, -0.05) is 12.1 Å². The van der Waals surface area contributed by atoms with Crippen LogP contribution in [0.1, 0.15) is 18.9 Å². The fourth-order valence-corrected chi connectivity index (χ4v) is 1.87. The monoisotopic (exact) mass is 252 g/mol. The molecule has 0 bridgehead atoms. The summed E-state index contributed by atoms with van der Waals surface area (Å²) >= 11 is 0. The van der Waals surface area contributed by atoms with E-state index in [1.807, 2.05) is 12.1 Å². The largest absolute Gasteiger partial charge is 0.497 e. The third-order valence-electron chi connectivity index (χ3n) is 3.09. The minimum Gasteiger partial charge on any atom is -0.497 e. The van der Waals surface area contributed by atoms with Crippen molar-refractivity contribution in [1.82, 2.24) is 5.32 Å². The number of rotatable bonds is 8. The van der Waals surface area contributed by atoms with Crippen LogP contribution in [0.5, 0.6) is 5.75 Å². The van der Waals surface area contributed by atoms with Crippen molar-refractivity contribution in [2.24, 2.45) is 5.73 Å². The zero-order chi connectivity index (χ0) is 13.4. The molecule has 0 aliphatic carbocycles. The van der Waals surface area contributed by atoms with Crippen LogP contribution in [0, 0.1) is 0 Å². The molecule has 0 aliphatic heterocycles. The number of aliphatic hydroxyl groups excluding tert-OH is 1. The molecule has 1 aromatic rings. The predicted molar refractivity (Wildman–Crippen MR) is 73.9 cm³/mol. The summed E-state index contributed by atoms with van der Waals surface area (Å²) in [4.78, 5) is 0. The summed E-state index contributed by atoms with van der Waals surface area (Å²) in [5.41, 5.74) is 6.93. The average molecular weight is 252 g/mol. The number of nitrogens with one attached hydrogen (secondary N) is 1. The molecule has 1 atom stereocenters. The average Bonchev–Trinajstić information content (AvgIpc) is 2.40. The van der Waals surface area contributed by atoms with Crippen molar-refractivity contribution in [3.8, 4) is 5.75 Å². The number of methoxy groups -OCH3 is 1. The van der Waals surface area contributed by atoms with Crippen LogP contribution in [0.3, 0.4) is 0 Å². The topological polar surface area (TPSA) is 67.5 Å². The molecule has 4 N–H and O–H groups in total. The second-order valence-electron chi connectivity index (χ2n) is 4.79. The highest BCUT2D eigenvalue weighted by molar-refractivity contribution is 5.28. The van der Waals surface area contributed by atoms with Crippen LogP contribution in [0.15, 0.2) is 24.3 Å². The normalized spacial score (nSPS) is 14.2. The summed E-state index contributed by atoms with van der Waals surface area (Å²) in [6.07, 6.45) is 1.61. The molecule has 0 aliphatic rings. The van der Waals surface area contributed by atoms with Crippen molar-refractivity contribution in [3.05, 3.63) is 29.8 Å². The summed E-state index contributed by atoms with van der Waals surface area (Å²) in [7, 11) is 1.66. The van der Waals surface area contributed by atoms with Gasteiger partial charge in [-0.3, -0.25) is 0 Å². The molecule has 18 heavy (non-hydrogen) atoms. The van der Waals surface area contributed by atoms with Crippen molar-refractivity contribution >= 4 is 0 Å². The van der Waals surface area contributed by atoms with Crippen LogP contribution >= 0.6 is 0 Å². The molecule has 4 nitrogen and oxygen atoms in total. The van der Waals surface area contributed by atoms with Crippen LogP contribution in [-0.2, 0) is 6.42 Å². The van der Waals surface area contributed by atoms with Gasteiger partial charge in [-0.15, -0.1) is 0 Å². The van der Waals surface area contributed by atoms with E-state index in [1.165, 1.54) is 5.56 Å². The Kier molecular flexibility index (Phi) is 6.12. The van der Waals surface area contributed by atoms with Gasteiger partial charge in [0.1, 0.15) is 5.75 Å². The molecule has 1 unspecified atom stereocenters. The van der Waals surface area contributed by atoms with Gasteiger partial charge in [0.2, 0.25) is 0 Å². The molecule has 0 saturated carbocycles. The Morgan fingerprint density at radius 3 is 2.50 bits per heavy atom. The van der Waals surface area contributed by atoms with Crippen molar-refractivity contribution in [3.63, 3.8) is 0 Å². The van der Waals surface area contributed by atoms with Gasteiger partial charge < -0.3 is 20.9 Å². The zero-order valence-corrected chi connectivity index (χ0v) is 11.3. The molecule has 4 heteroatoms. The van der Waals surface area contributed by atoms with E-state index in [1.54, 1.807) is 7.11 Å². The molecule has 0 aromatic heterocycles. The van der Waals surface area contributed by atoms with Crippen LogP contribution in [0.4, 0.5) is 0 Å². The molecule has 0 heterocycles. The summed E-state index contributed by atoms with van der Waals surface area (Å²) in [6, 6.07) is 8.03. The van der Waals surface area contributed by atoms with Gasteiger partial charge in [0.25, 0.3) is 0 Å². The second kappa shape index (κ2) is 7.36. The first-order valence-electron chi connectivity index (χ1n) is 6.32. The maximum absolute atomic E-state index is 8.80. The molecule has 1 aromatic carbocycles. The number of ether oxygens (including phenoxy) is 1. The van der Waals surface area contributed by atoms with Crippen LogP contribution in [0.25, 0.3) is 0 Å². The van der Waals surface area contributed by atoms with E-state index in [0.717, 1.165) is 25.1 Å². The lowest BCUT2D eigenvalue weighted by atomic mass is 9.92. The molecular weight excluding hydrogens is 228 g/mol. The van der Waals surface area contributed by atoms with Gasteiger partial charge >= 0.3 is 0 Å². The fourth-order valence-electron chi connectivity index (χ4n) is 1.87. The fraction of sp³-hybridized carbons (Fsp3) is 0.571. The number of benzene rings is 1. The Bertz CT molecular complexity index is 340. The van der Waals surface area contributed by atoms with Gasteiger partial charge in [0.15, 0.2) is 0 Å². The van der Waals surface area contributed by atoms with E-state index in [9.17, 15) is 0 Å². The molecule has 0 amide bonds. The molecule has 0 spiro atoms. The first-order valence-corrected chi connectivity index (χ1v) is 6.32. The van der Waals surface area contributed by atoms with E-state index in [2.05, 4.69) is 24.4 Å². The van der Waals surface area contributed by atoms with Gasteiger partial charge in [0, 0.05) is 18.7 Å². The Hall–Kier alpha value is -1.10. The van der Waals surface area contributed by atoms with E-state index in [-0.39, 0.29) is 12.1 Å². The van der Waals surface area contributed by atoms with Crippen LogP contribution in [-0.4, -0.2) is 37.5 Å². The number of hydrogen-bond acceptors (Lipinski definition) is 4. The van der Waals surface area contributed by atoms with E-state index in [4.69, 9.17) is 15.6 Å². The minimum atomic E-state index is -0.135. The molecular formula is C14H24N2O2. The highest BCUT2D eigenvalue weighted by Crippen LogP contribution is 2.16. The Morgan fingerprint density at radius 1 is 1.33 bits per heavy atom. The van der Waals surface area contributed by atoms with E-state index in [0.29, 0.717) is 6.54 Å². The molecule has 0 radical (unpaired) electrons. The summed E-state index contributed by atoms with van der Waals surface area (Å²) in [5, 5.41) is 12.2. The van der Waals surface area contributed by atoms with Crippen molar-refractivity contribution < 1.29 is 9.84 Å². The third kappa shape index (κ3) is 4.64. The van der Waals surface area contributed by atoms with Crippen molar-refractivity contribution in [2.45, 2.75) is 25.3 Å². The Labute approximate surface area is 109 Å². The number of aliphatic hydroxyl groups is 1. The lowest BCUT2D eigenvalue weighted by Crippen LogP contribution is -2.50. The number of hydrogen-bond donors (Lipinski definition) is 3. The molecule has 0 fully saturated rings. The zero-order valence-electron chi connectivity index (χ0n) is 11.3. The maximum atomic E-state index is 8.80. The minimum absolute atomic E-state index is 0.135. The van der Waals surface area contributed by atoms with Crippen LogP contribution < -0.4 is 15.8 Å². The van der Waals surface area contributed by atoms with Crippen molar-refractivity contribution in [2.75, 3.05) is 26.8 Å². The Balaban J connectivity index is 2.59. The van der Waals surface area contributed by atoms with Gasteiger partial charge in [-0.2, -0.15) is 0 Å². The van der Waals surface area contributed by atoms with E-state index >= 15 is 0 Å². The van der Waals surface area contributed by atoms with Gasteiger partial charge in [0.05, 0.1) is 7.11 Å². The predicted octanol–water partition coefficient (Wildman–Crippen LogP) is 0.927. The lowest BCUT2D eigenvalue weighted by molar-refractivity contribution is 0.271. The van der Waals surface area contributed by atoms with Crippen LogP contribution in [0.2, 0.25) is 0 Å². The van der Waals surface area contributed by atoms with Crippen molar-refractivity contribution in [1.29, 1.82) is 0 Å².